The Morgan fingerprint density at radius 3 is 2.80 bits per heavy atom. The fourth-order valence-corrected chi connectivity index (χ4v) is 1.32. The molecule has 2 aromatic rings. The molecular formula is C11H8ClFN2. The zero-order valence-corrected chi connectivity index (χ0v) is 8.79. The molecule has 0 amide bonds. The molecule has 0 spiro atoms. The van der Waals surface area contributed by atoms with Crippen molar-refractivity contribution in [3.05, 3.63) is 47.0 Å². The second-order valence-electron chi connectivity index (χ2n) is 3.18. The van der Waals surface area contributed by atoms with E-state index < -0.39 is 0 Å². The van der Waals surface area contributed by atoms with Crippen LogP contribution >= 0.6 is 11.6 Å². The number of halogens is 2. The van der Waals surface area contributed by atoms with Crippen molar-refractivity contribution in [2.75, 3.05) is 0 Å². The maximum absolute atomic E-state index is 12.9. The minimum absolute atomic E-state index is 0.312. The van der Waals surface area contributed by atoms with Gasteiger partial charge in [0.15, 0.2) is 5.82 Å². The molecule has 0 radical (unpaired) electrons. The third-order valence-electron chi connectivity index (χ3n) is 1.99. The van der Waals surface area contributed by atoms with E-state index in [4.69, 9.17) is 11.6 Å². The van der Waals surface area contributed by atoms with Gasteiger partial charge in [0.25, 0.3) is 0 Å². The van der Waals surface area contributed by atoms with Crippen LogP contribution in [0.2, 0.25) is 5.15 Å². The van der Waals surface area contributed by atoms with Gasteiger partial charge in [0.05, 0.1) is 0 Å². The quantitative estimate of drug-likeness (QED) is 0.693. The number of aryl methyl sites for hydroxylation is 1. The standard InChI is InChI=1S/C11H8ClFN2/c1-7-6-14-11(15-10(7)12)8-3-2-4-9(13)5-8/h2-6H,1H3. The van der Waals surface area contributed by atoms with Crippen molar-refractivity contribution >= 4 is 11.6 Å². The lowest BCUT2D eigenvalue weighted by Crippen LogP contribution is -1.91. The first kappa shape index (κ1) is 10.1. The molecule has 4 heteroatoms. The molecule has 1 aromatic heterocycles. The monoisotopic (exact) mass is 222 g/mol. The fourth-order valence-electron chi connectivity index (χ4n) is 1.19. The minimum Gasteiger partial charge on any atom is -0.236 e. The van der Waals surface area contributed by atoms with Gasteiger partial charge in [-0.1, -0.05) is 23.7 Å². The van der Waals surface area contributed by atoms with Gasteiger partial charge in [-0.05, 0) is 19.1 Å². The number of rotatable bonds is 1. The Bertz CT molecular complexity index is 500. The van der Waals surface area contributed by atoms with Crippen LogP contribution in [0.1, 0.15) is 5.56 Å². The summed E-state index contributed by atoms with van der Waals surface area (Å²) in [4.78, 5) is 8.16. The second kappa shape index (κ2) is 3.95. The van der Waals surface area contributed by atoms with Gasteiger partial charge in [0.1, 0.15) is 11.0 Å². The van der Waals surface area contributed by atoms with Crippen molar-refractivity contribution < 1.29 is 4.39 Å². The van der Waals surface area contributed by atoms with Crippen LogP contribution in [0.3, 0.4) is 0 Å². The van der Waals surface area contributed by atoms with Crippen LogP contribution in [-0.4, -0.2) is 9.97 Å². The summed E-state index contributed by atoms with van der Waals surface area (Å²) in [5.74, 6) is 0.123. The number of hydrogen-bond donors (Lipinski definition) is 0. The Labute approximate surface area is 91.8 Å². The third kappa shape index (κ3) is 2.13. The Hall–Kier alpha value is -1.48. The van der Waals surface area contributed by atoms with Crippen molar-refractivity contribution in [2.24, 2.45) is 0 Å². The summed E-state index contributed by atoms with van der Waals surface area (Å²) in [5, 5.41) is 0.393. The van der Waals surface area contributed by atoms with Crippen LogP contribution in [0.15, 0.2) is 30.5 Å². The molecule has 76 valence electrons. The molecule has 0 fully saturated rings. The summed E-state index contributed by atoms with van der Waals surface area (Å²) in [6.45, 7) is 1.82. The third-order valence-corrected chi connectivity index (χ3v) is 2.38. The first-order chi connectivity index (χ1) is 7.16. The molecule has 2 rings (SSSR count). The highest BCUT2D eigenvalue weighted by Gasteiger charge is 2.04. The Kier molecular flexibility index (Phi) is 2.64. The van der Waals surface area contributed by atoms with Gasteiger partial charge in [-0.15, -0.1) is 0 Å². The van der Waals surface area contributed by atoms with Crippen LogP contribution in [0, 0.1) is 12.7 Å². The van der Waals surface area contributed by atoms with Crippen LogP contribution in [0.4, 0.5) is 4.39 Å². The molecule has 1 aromatic carbocycles. The zero-order chi connectivity index (χ0) is 10.8. The highest BCUT2D eigenvalue weighted by atomic mass is 35.5. The number of hydrogen-bond acceptors (Lipinski definition) is 2. The van der Waals surface area contributed by atoms with E-state index in [1.165, 1.54) is 12.1 Å². The number of benzene rings is 1. The van der Waals surface area contributed by atoms with Gasteiger partial charge in [0, 0.05) is 17.3 Å². The maximum atomic E-state index is 12.9. The predicted molar refractivity (Wildman–Crippen MR) is 57.2 cm³/mol. The number of nitrogens with zero attached hydrogens (tertiary/aromatic N) is 2. The summed E-state index contributed by atoms with van der Waals surface area (Å²) in [7, 11) is 0. The minimum atomic E-state index is -0.312. The summed E-state index contributed by atoms with van der Waals surface area (Å²) < 4.78 is 12.9. The topological polar surface area (TPSA) is 25.8 Å². The lowest BCUT2D eigenvalue weighted by atomic mass is 10.2. The fraction of sp³-hybridized carbons (Fsp3) is 0.0909. The average molecular weight is 223 g/mol. The molecule has 0 aliphatic heterocycles. The van der Waals surface area contributed by atoms with Crippen LogP contribution < -0.4 is 0 Å². The van der Waals surface area contributed by atoms with E-state index in [9.17, 15) is 4.39 Å². The van der Waals surface area contributed by atoms with Gasteiger partial charge < -0.3 is 0 Å². The summed E-state index contributed by atoms with van der Waals surface area (Å²) in [5.41, 5.74) is 1.42. The summed E-state index contributed by atoms with van der Waals surface area (Å²) >= 11 is 5.86. The van der Waals surface area contributed by atoms with Gasteiger partial charge in [-0.2, -0.15) is 0 Å². The van der Waals surface area contributed by atoms with E-state index in [-0.39, 0.29) is 5.82 Å². The highest BCUT2D eigenvalue weighted by molar-refractivity contribution is 6.30. The van der Waals surface area contributed by atoms with Gasteiger partial charge in [-0.3, -0.25) is 0 Å². The predicted octanol–water partition coefficient (Wildman–Crippen LogP) is 3.24. The van der Waals surface area contributed by atoms with E-state index in [2.05, 4.69) is 9.97 Å². The molecule has 15 heavy (non-hydrogen) atoms. The Balaban J connectivity index is 2.50. The molecule has 0 N–H and O–H groups in total. The number of aromatic nitrogens is 2. The van der Waals surface area contributed by atoms with Crippen LogP contribution in [0.25, 0.3) is 11.4 Å². The van der Waals surface area contributed by atoms with E-state index in [1.807, 2.05) is 6.92 Å². The van der Waals surface area contributed by atoms with Crippen LogP contribution in [-0.2, 0) is 0 Å². The van der Waals surface area contributed by atoms with E-state index in [0.717, 1.165) is 5.56 Å². The molecule has 0 aliphatic rings. The molecule has 1 heterocycles. The summed E-state index contributed by atoms with van der Waals surface area (Å²) in [6, 6.07) is 6.10. The molecule has 0 aliphatic carbocycles. The Morgan fingerprint density at radius 1 is 1.33 bits per heavy atom. The smallest absolute Gasteiger partial charge is 0.160 e. The van der Waals surface area contributed by atoms with E-state index in [0.29, 0.717) is 16.5 Å². The highest BCUT2D eigenvalue weighted by Crippen LogP contribution is 2.19. The second-order valence-corrected chi connectivity index (χ2v) is 3.54. The SMILES string of the molecule is Cc1cnc(-c2cccc(F)c2)nc1Cl. The molecule has 0 atom stereocenters. The molecule has 0 saturated carbocycles. The van der Waals surface area contributed by atoms with Crippen molar-refractivity contribution in [2.45, 2.75) is 6.92 Å². The van der Waals surface area contributed by atoms with Crippen molar-refractivity contribution in [1.29, 1.82) is 0 Å². The average Bonchev–Trinajstić information content (AvgIpc) is 2.22. The molecular weight excluding hydrogens is 215 g/mol. The van der Waals surface area contributed by atoms with Gasteiger partial charge >= 0.3 is 0 Å². The first-order valence-corrected chi connectivity index (χ1v) is 4.79. The van der Waals surface area contributed by atoms with Gasteiger partial charge in [0.2, 0.25) is 0 Å². The Morgan fingerprint density at radius 2 is 2.13 bits per heavy atom. The first-order valence-electron chi connectivity index (χ1n) is 4.42. The molecule has 0 unspecified atom stereocenters. The lowest BCUT2D eigenvalue weighted by Gasteiger charge is -2.01. The van der Waals surface area contributed by atoms with Crippen molar-refractivity contribution in [3.63, 3.8) is 0 Å². The van der Waals surface area contributed by atoms with Crippen molar-refractivity contribution in [1.82, 2.24) is 9.97 Å². The van der Waals surface area contributed by atoms with E-state index >= 15 is 0 Å². The molecule has 0 bridgehead atoms. The molecule has 2 nitrogen and oxygen atoms in total. The van der Waals surface area contributed by atoms with Gasteiger partial charge in [-0.25, -0.2) is 14.4 Å². The maximum Gasteiger partial charge on any atom is 0.160 e. The summed E-state index contributed by atoms with van der Waals surface area (Å²) in [6.07, 6.45) is 1.62. The lowest BCUT2D eigenvalue weighted by molar-refractivity contribution is 0.628. The molecule has 0 saturated heterocycles. The zero-order valence-electron chi connectivity index (χ0n) is 8.04. The normalized spacial score (nSPS) is 10.3. The van der Waals surface area contributed by atoms with Crippen molar-refractivity contribution in [3.8, 4) is 11.4 Å². The largest absolute Gasteiger partial charge is 0.236 e. The van der Waals surface area contributed by atoms with Crippen LogP contribution in [0.5, 0.6) is 0 Å². The van der Waals surface area contributed by atoms with E-state index in [1.54, 1.807) is 18.3 Å².